The maximum absolute atomic E-state index is 12.5. The van der Waals surface area contributed by atoms with Crippen LogP contribution in [0.1, 0.15) is 17.9 Å². The second-order valence-corrected chi connectivity index (χ2v) is 8.83. The molecule has 3 N–H and O–H groups in total. The maximum Gasteiger partial charge on any atom is 0.287 e. The molecule has 2 aromatic rings. The second-order valence-electron chi connectivity index (χ2n) is 6.01. The Hall–Kier alpha value is -1.98. The molecule has 27 heavy (non-hydrogen) atoms. The lowest BCUT2D eigenvalue weighted by molar-refractivity contribution is -0.114. The molecule has 7 nitrogen and oxygen atoms in total. The molecule has 0 aliphatic carbocycles. The van der Waals surface area contributed by atoms with Crippen LogP contribution in [-0.2, 0) is 14.8 Å². The summed E-state index contributed by atoms with van der Waals surface area (Å²) in [7, 11) is -3.94. The fourth-order valence-corrected chi connectivity index (χ4v) is 4.64. The van der Waals surface area contributed by atoms with Crippen LogP contribution < -0.4 is 10.6 Å². The number of hydrogen-bond acceptors (Lipinski definition) is 5. The Labute approximate surface area is 171 Å². The summed E-state index contributed by atoms with van der Waals surface area (Å²) >= 11 is 2.01. The van der Waals surface area contributed by atoms with Crippen LogP contribution in [0.3, 0.4) is 0 Å². The number of aliphatic hydroxyl groups excluding tert-OH is 1. The summed E-state index contributed by atoms with van der Waals surface area (Å²) in [5.41, 5.74) is 1.31. The van der Waals surface area contributed by atoms with E-state index in [4.69, 9.17) is 0 Å². The molecule has 2 aromatic carbocycles. The summed E-state index contributed by atoms with van der Waals surface area (Å²) in [5.74, 6) is -0.962. The fourth-order valence-electron chi connectivity index (χ4n) is 2.80. The van der Waals surface area contributed by atoms with E-state index >= 15 is 0 Å². The summed E-state index contributed by atoms with van der Waals surface area (Å²) in [6.07, 6.45) is 0.476. The predicted molar refractivity (Wildman–Crippen MR) is 111 cm³/mol. The number of amidine groups is 1. The van der Waals surface area contributed by atoms with Crippen LogP contribution in [0.5, 0.6) is 0 Å². The van der Waals surface area contributed by atoms with Crippen LogP contribution in [0.4, 0.5) is 5.69 Å². The highest BCUT2D eigenvalue weighted by Gasteiger charge is 2.28. The molecule has 9 heteroatoms. The number of benzene rings is 2. The molecule has 1 aliphatic rings. The van der Waals surface area contributed by atoms with Gasteiger partial charge in [-0.15, -0.1) is 4.40 Å². The third-order valence-corrected chi connectivity index (χ3v) is 6.15. The zero-order valence-corrected chi connectivity index (χ0v) is 17.2. The summed E-state index contributed by atoms with van der Waals surface area (Å²) in [5, 5.41) is 14.8. The van der Waals surface area contributed by atoms with Gasteiger partial charge in [-0.25, -0.2) is 0 Å². The summed E-state index contributed by atoms with van der Waals surface area (Å²) < 4.78 is 29.1. The first kappa shape index (κ1) is 19.8. The topological polar surface area (TPSA) is 108 Å². The van der Waals surface area contributed by atoms with E-state index in [1.165, 1.54) is 6.07 Å². The van der Waals surface area contributed by atoms with Crippen molar-refractivity contribution < 1.29 is 18.3 Å². The molecule has 142 valence electrons. The second kappa shape index (κ2) is 8.36. The van der Waals surface area contributed by atoms with Crippen molar-refractivity contribution in [3.8, 4) is 0 Å². The van der Waals surface area contributed by atoms with E-state index in [2.05, 4.69) is 15.0 Å². The van der Waals surface area contributed by atoms with Crippen molar-refractivity contribution in [3.05, 3.63) is 57.7 Å². The summed E-state index contributed by atoms with van der Waals surface area (Å²) in [4.78, 5) is 12.5. The van der Waals surface area contributed by atoms with Crippen molar-refractivity contribution in [2.24, 2.45) is 4.40 Å². The van der Waals surface area contributed by atoms with Gasteiger partial charge in [0.1, 0.15) is 4.90 Å². The van der Waals surface area contributed by atoms with E-state index in [-0.39, 0.29) is 29.8 Å². The molecule has 0 radical (unpaired) electrons. The zero-order valence-electron chi connectivity index (χ0n) is 14.2. The molecular formula is C18H18IN3O4S. The van der Waals surface area contributed by atoms with Crippen LogP contribution in [0.2, 0.25) is 0 Å². The largest absolute Gasteiger partial charge is 0.396 e. The number of carbonyl (C=O) groups excluding carboxylic acids is 1. The highest BCUT2D eigenvalue weighted by Crippen LogP contribution is 2.28. The van der Waals surface area contributed by atoms with Gasteiger partial charge in [0, 0.05) is 22.6 Å². The number of hydrogen-bond donors (Lipinski definition) is 3. The van der Waals surface area contributed by atoms with E-state index in [9.17, 15) is 18.3 Å². The van der Waals surface area contributed by atoms with Crippen LogP contribution in [0.15, 0.2) is 57.8 Å². The third-order valence-electron chi connectivity index (χ3n) is 4.16. The Bertz CT molecular complexity index is 977. The van der Waals surface area contributed by atoms with E-state index in [0.29, 0.717) is 12.1 Å². The van der Waals surface area contributed by atoms with Gasteiger partial charge in [0.15, 0.2) is 0 Å². The number of halogens is 1. The number of fused-ring (bicyclic) bond motifs is 1. The standard InChI is InChI=1S/C18H18IN3O4S/c19-14-6-7-15-16(10-14)27(25,26)22-17(21-15)18(24)20-11-13(8-9-23)12-4-2-1-3-5-12/h1-7,10,13,23H,8-9,11H2,(H,20,24)(H,21,22). The summed E-state index contributed by atoms with van der Waals surface area (Å²) in [6, 6.07) is 14.4. The van der Waals surface area contributed by atoms with E-state index in [0.717, 1.165) is 9.13 Å². The average molecular weight is 499 g/mol. The van der Waals surface area contributed by atoms with Gasteiger partial charge in [0.25, 0.3) is 15.9 Å². The number of amides is 1. The van der Waals surface area contributed by atoms with Crippen molar-refractivity contribution >= 4 is 50.0 Å². The fraction of sp³-hybridized carbons (Fsp3) is 0.222. The Morgan fingerprint density at radius 1 is 1.22 bits per heavy atom. The number of nitrogens with one attached hydrogen (secondary N) is 2. The van der Waals surface area contributed by atoms with Gasteiger partial charge >= 0.3 is 0 Å². The van der Waals surface area contributed by atoms with Gasteiger partial charge in [-0.2, -0.15) is 8.42 Å². The highest BCUT2D eigenvalue weighted by atomic mass is 127. The van der Waals surface area contributed by atoms with E-state index in [1.807, 2.05) is 52.9 Å². The van der Waals surface area contributed by atoms with Gasteiger partial charge in [0.2, 0.25) is 5.84 Å². The predicted octanol–water partition coefficient (Wildman–Crippen LogP) is 2.09. The SMILES string of the molecule is O=C(NCC(CCO)c1ccccc1)C1=NS(=O)(=O)c2cc(I)ccc2N1. The molecule has 0 bridgehead atoms. The minimum atomic E-state index is -3.94. The minimum Gasteiger partial charge on any atom is -0.396 e. The lowest BCUT2D eigenvalue weighted by atomic mass is 9.96. The van der Waals surface area contributed by atoms with Crippen molar-refractivity contribution in [2.75, 3.05) is 18.5 Å². The van der Waals surface area contributed by atoms with Crippen LogP contribution in [0.25, 0.3) is 0 Å². The maximum atomic E-state index is 12.5. The lowest BCUT2D eigenvalue weighted by Gasteiger charge is -2.20. The lowest BCUT2D eigenvalue weighted by Crippen LogP contribution is -2.40. The number of anilines is 1. The number of nitrogens with zero attached hydrogens (tertiary/aromatic N) is 1. The molecule has 0 aromatic heterocycles. The smallest absolute Gasteiger partial charge is 0.287 e. The number of sulfonamides is 1. The first-order valence-corrected chi connectivity index (χ1v) is 10.8. The van der Waals surface area contributed by atoms with Gasteiger partial charge in [0.05, 0.1) is 5.69 Å². The number of aliphatic hydroxyl groups is 1. The number of rotatable bonds is 6. The first-order valence-electron chi connectivity index (χ1n) is 8.26. The average Bonchev–Trinajstić information content (AvgIpc) is 2.65. The monoisotopic (exact) mass is 499 g/mol. The van der Waals surface area contributed by atoms with Crippen molar-refractivity contribution in [1.82, 2.24) is 5.32 Å². The Balaban J connectivity index is 1.75. The van der Waals surface area contributed by atoms with Gasteiger partial charge in [-0.1, -0.05) is 30.3 Å². The Kier molecular flexibility index (Phi) is 6.12. The molecule has 1 heterocycles. The van der Waals surface area contributed by atoms with Gasteiger partial charge in [-0.3, -0.25) is 4.79 Å². The molecule has 0 fully saturated rings. The quantitative estimate of drug-likeness (QED) is 0.528. The summed E-state index contributed by atoms with van der Waals surface area (Å²) in [6.45, 7) is 0.235. The molecule has 0 saturated heterocycles. The molecule has 3 rings (SSSR count). The molecule has 1 unspecified atom stereocenters. The molecule has 0 saturated carbocycles. The highest BCUT2D eigenvalue weighted by molar-refractivity contribution is 14.1. The van der Waals surface area contributed by atoms with Gasteiger partial charge < -0.3 is 15.7 Å². The van der Waals surface area contributed by atoms with Crippen LogP contribution in [0, 0.1) is 3.57 Å². The molecule has 1 atom stereocenters. The molecular weight excluding hydrogens is 481 g/mol. The van der Waals surface area contributed by atoms with Crippen molar-refractivity contribution in [3.63, 3.8) is 0 Å². The third kappa shape index (κ3) is 4.66. The molecule has 1 amide bonds. The normalized spacial score (nSPS) is 15.9. The van der Waals surface area contributed by atoms with Crippen molar-refractivity contribution in [1.29, 1.82) is 0 Å². The van der Waals surface area contributed by atoms with Crippen LogP contribution in [-0.4, -0.2) is 38.4 Å². The number of carbonyl (C=O) groups is 1. The van der Waals surface area contributed by atoms with E-state index in [1.54, 1.807) is 12.1 Å². The Morgan fingerprint density at radius 2 is 1.96 bits per heavy atom. The molecule has 1 aliphatic heterocycles. The first-order chi connectivity index (χ1) is 12.9. The van der Waals surface area contributed by atoms with Crippen LogP contribution >= 0.6 is 22.6 Å². The Morgan fingerprint density at radius 3 is 2.67 bits per heavy atom. The molecule has 0 spiro atoms. The van der Waals surface area contributed by atoms with Crippen molar-refractivity contribution in [2.45, 2.75) is 17.2 Å². The van der Waals surface area contributed by atoms with E-state index < -0.39 is 15.9 Å². The zero-order chi connectivity index (χ0) is 19.4. The minimum absolute atomic E-state index is 0.0188. The van der Waals surface area contributed by atoms with Gasteiger partial charge in [-0.05, 0) is 52.8 Å².